The third-order valence-corrected chi connectivity index (χ3v) is 4.11. The number of aliphatic hydroxyl groups excluding tert-OH is 1. The van der Waals surface area contributed by atoms with Crippen LogP contribution in [0.3, 0.4) is 0 Å². The summed E-state index contributed by atoms with van der Waals surface area (Å²) in [5, 5.41) is 8.67. The van der Waals surface area contributed by atoms with Gasteiger partial charge in [-0.15, -0.1) is 0 Å². The van der Waals surface area contributed by atoms with E-state index in [1.54, 1.807) is 0 Å². The molecule has 4 heteroatoms. The van der Waals surface area contributed by atoms with Gasteiger partial charge in [0.05, 0.1) is 0 Å². The fraction of sp³-hybridized carbons (Fsp3) is 0.667. The molecule has 0 amide bonds. The Hall–Kier alpha value is -0.453. The maximum atomic E-state index is 11.3. The van der Waals surface area contributed by atoms with Gasteiger partial charge in [0.15, 0.2) is 5.41 Å². The minimum absolute atomic E-state index is 0.0434. The Balaban J connectivity index is 3.86. The van der Waals surface area contributed by atoms with Crippen molar-refractivity contribution in [2.45, 2.75) is 25.8 Å². The van der Waals surface area contributed by atoms with Gasteiger partial charge >= 0.3 is 0 Å². The maximum Gasteiger partial charge on any atom is 0.254 e. The highest BCUT2D eigenvalue weighted by atomic mass is 28.3. The van der Waals surface area contributed by atoms with Crippen molar-refractivity contribution in [2.24, 2.45) is 0 Å². The van der Waals surface area contributed by atoms with Crippen LogP contribution in [0, 0.1) is 0 Å². The molecule has 0 rings (SSSR count). The van der Waals surface area contributed by atoms with Crippen molar-refractivity contribution in [3.8, 4) is 0 Å². The van der Waals surface area contributed by atoms with Gasteiger partial charge in [-0.1, -0.05) is 13.5 Å². The molecule has 0 aliphatic carbocycles. The predicted octanol–water partition coefficient (Wildman–Crippen LogP) is 0.813. The number of aliphatic hydroxyl groups is 1. The van der Waals surface area contributed by atoms with E-state index in [-0.39, 0.29) is 12.0 Å². The van der Waals surface area contributed by atoms with Crippen LogP contribution < -0.4 is 0 Å². The zero-order chi connectivity index (χ0) is 10.1. The Kier molecular flexibility index (Phi) is 7.87. The fourth-order valence-corrected chi connectivity index (χ4v) is 2.93. The monoisotopic (exact) mass is 202 g/mol. The van der Waals surface area contributed by atoms with Crippen molar-refractivity contribution in [2.75, 3.05) is 13.2 Å². The second kappa shape index (κ2) is 8.16. The first-order valence-corrected chi connectivity index (χ1v) is 6.51. The van der Waals surface area contributed by atoms with Crippen LogP contribution in [0.4, 0.5) is 0 Å². The minimum Gasteiger partial charge on any atom is -0.412 e. The number of carbonyl (C=O) groups excluding carboxylic acids is 1. The van der Waals surface area contributed by atoms with Crippen molar-refractivity contribution in [3.05, 3.63) is 12.7 Å². The smallest absolute Gasteiger partial charge is 0.254 e. The van der Waals surface area contributed by atoms with Crippen LogP contribution in [0.15, 0.2) is 12.7 Å². The largest absolute Gasteiger partial charge is 0.412 e. The van der Waals surface area contributed by atoms with Gasteiger partial charge in [-0.3, -0.25) is 4.79 Å². The first-order valence-electron chi connectivity index (χ1n) is 4.65. The predicted molar refractivity (Wildman–Crippen MR) is 55.1 cm³/mol. The molecule has 0 saturated carbocycles. The van der Waals surface area contributed by atoms with Gasteiger partial charge in [-0.25, -0.2) is 0 Å². The lowest BCUT2D eigenvalue weighted by Gasteiger charge is -2.11. The van der Waals surface area contributed by atoms with E-state index in [2.05, 4.69) is 6.58 Å². The molecule has 0 aliphatic heterocycles. The van der Waals surface area contributed by atoms with E-state index >= 15 is 0 Å². The molecule has 1 unspecified atom stereocenters. The summed E-state index contributed by atoms with van der Waals surface area (Å²) in [4.78, 5) is 11.3. The molecule has 0 bridgehead atoms. The number of carbonyl (C=O) groups is 1. The molecule has 1 atom stereocenters. The van der Waals surface area contributed by atoms with E-state index in [0.717, 1.165) is 6.42 Å². The Morgan fingerprint density at radius 3 is 2.85 bits per heavy atom. The van der Waals surface area contributed by atoms with E-state index in [1.165, 1.54) is 6.08 Å². The lowest BCUT2D eigenvalue weighted by Crippen LogP contribution is -2.28. The Morgan fingerprint density at radius 1 is 1.69 bits per heavy atom. The lowest BCUT2D eigenvalue weighted by molar-refractivity contribution is -0.109. The van der Waals surface area contributed by atoms with Crippen LogP contribution in [-0.2, 0) is 9.22 Å². The molecule has 0 spiro atoms. The minimum atomic E-state index is -1.78. The highest BCUT2D eigenvalue weighted by molar-refractivity contribution is 6.87. The molecule has 13 heavy (non-hydrogen) atoms. The number of hydrogen-bond donors (Lipinski definition) is 1. The van der Waals surface area contributed by atoms with Gasteiger partial charge in [0.1, 0.15) is 0 Å². The molecule has 0 aromatic carbocycles. The van der Waals surface area contributed by atoms with E-state index in [9.17, 15) is 4.79 Å². The van der Waals surface area contributed by atoms with Crippen molar-refractivity contribution < 1.29 is 14.3 Å². The quantitative estimate of drug-likeness (QED) is 0.468. The van der Waals surface area contributed by atoms with Crippen LogP contribution in [0.25, 0.3) is 0 Å². The van der Waals surface area contributed by atoms with E-state index in [0.29, 0.717) is 19.1 Å². The summed E-state index contributed by atoms with van der Waals surface area (Å²) in [7, 11) is -1.78. The van der Waals surface area contributed by atoms with Crippen molar-refractivity contribution in [1.29, 1.82) is 0 Å². The average molecular weight is 202 g/mol. The van der Waals surface area contributed by atoms with Gasteiger partial charge in [0.2, 0.25) is 0 Å². The molecule has 76 valence electrons. The van der Waals surface area contributed by atoms with E-state index in [1.807, 2.05) is 6.92 Å². The van der Waals surface area contributed by atoms with Gasteiger partial charge in [0.25, 0.3) is 9.04 Å². The summed E-state index contributed by atoms with van der Waals surface area (Å²) < 4.78 is 5.45. The standard InChI is InChI=1S/C9H18O3Si/c1-3-7-12-13(8-5-6-10)9(11)4-2/h4,10,13H,2-3,5-8H2,1H3. The molecule has 0 aromatic rings. The number of allylic oxidation sites excluding steroid dienone is 1. The third kappa shape index (κ3) is 5.73. The Morgan fingerprint density at radius 2 is 2.38 bits per heavy atom. The van der Waals surface area contributed by atoms with E-state index in [4.69, 9.17) is 9.53 Å². The second-order valence-corrected chi connectivity index (χ2v) is 5.29. The molecule has 0 radical (unpaired) electrons. The first kappa shape index (κ1) is 12.5. The molecule has 1 N–H and O–H groups in total. The van der Waals surface area contributed by atoms with Crippen LogP contribution in [-0.4, -0.2) is 32.8 Å². The number of hydrogen-bond acceptors (Lipinski definition) is 3. The maximum absolute atomic E-state index is 11.3. The van der Waals surface area contributed by atoms with Crippen molar-refractivity contribution in [3.63, 3.8) is 0 Å². The van der Waals surface area contributed by atoms with E-state index < -0.39 is 9.04 Å². The zero-order valence-corrected chi connectivity index (χ0v) is 9.32. The topological polar surface area (TPSA) is 46.5 Å². The SMILES string of the molecule is C=CC(=O)[SiH](CCCO)OCCC. The fourth-order valence-electron chi connectivity index (χ4n) is 0.976. The summed E-state index contributed by atoms with van der Waals surface area (Å²) in [6.07, 6.45) is 2.91. The highest BCUT2D eigenvalue weighted by Gasteiger charge is 2.18. The van der Waals surface area contributed by atoms with Crippen molar-refractivity contribution >= 4 is 14.4 Å². The lowest BCUT2D eigenvalue weighted by atomic mass is 10.5. The molecular formula is C9H18O3Si. The third-order valence-electron chi connectivity index (χ3n) is 1.67. The second-order valence-electron chi connectivity index (χ2n) is 2.83. The van der Waals surface area contributed by atoms with Crippen LogP contribution in [0.2, 0.25) is 6.04 Å². The van der Waals surface area contributed by atoms with Crippen molar-refractivity contribution in [1.82, 2.24) is 0 Å². The summed E-state index contributed by atoms with van der Waals surface area (Å²) in [5.41, 5.74) is 0. The summed E-state index contributed by atoms with van der Waals surface area (Å²) in [6.45, 7) is 6.22. The number of rotatable bonds is 8. The molecule has 0 aromatic heterocycles. The summed E-state index contributed by atoms with van der Waals surface area (Å²) >= 11 is 0. The molecule has 0 heterocycles. The molecular weight excluding hydrogens is 184 g/mol. The van der Waals surface area contributed by atoms with Gasteiger partial charge in [-0.05, 0) is 25.0 Å². The van der Waals surface area contributed by atoms with Gasteiger partial charge < -0.3 is 9.53 Å². The Bertz CT molecular complexity index is 151. The summed E-state index contributed by atoms with van der Waals surface area (Å²) in [5.74, 6) is 0. The van der Waals surface area contributed by atoms with Gasteiger partial charge in [0, 0.05) is 13.2 Å². The van der Waals surface area contributed by atoms with Crippen LogP contribution >= 0.6 is 0 Å². The molecule has 0 fully saturated rings. The average Bonchev–Trinajstić information content (AvgIpc) is 2.17. The zero-order valence-electron chi connectivity index (χ0n) is 8.16. The van der Waals surface area contributed by atoms with Crippen LogP contribution in [0.1, 0.15) is 19.8 Å². The van der Waals surface area contributed by atoms with Crippen LogP contribution in [0.5, 0.6) is 0 Å². The molecule has 0 aliphatic rings. The first-order chi connectivity index (χ1) is 6.26. The normalized spacial score (nSPS) is 12.5. The summed E-state index contributed by atoms with van der Waals surface area (Å²) in [6, 6.07) is 0.710. The molecule has 3 nitrogen and oxygen atoms in total. The highest BCUT2D eigenvalue weighted by Crippen LogP contribution is 2.02. The Labute approximate surface area is 81.1 Å². The molecule has 0 saturated heterocycles. The van der Waals surface area contributed by atoms with Gasteiger partial charge in [-0.2, -0.15) is 0 Å².